The Morgan fingerprint density at radius 2 is 2.09 bits per heavy atom. The molecule has 180 valence electrons. The average molecular weight is 500 g/mol. The molecule has 1 fully saturated rings. The van der Waals surface area contributed by atoms with Gasteiger partial charge in [-0.05, 0) is 43.7 Å². The zero-order chi connectivity index (χ0) is 23.8. The first-order valence-electron chi connectivity index (χ1n) is 10.7. The molecule has 2 amide bonds. The number of hydrogen-bond acceptors (Lipinski definition) is 6. The van der Waals surface area contributed by atoms with E-state index < -0.39 is 11.9 Å². The van der Waals surface area contributed by atoms with Crippen LogP contribution in [-0.2, 0) is 11.3 Å². The Balaban J connectivity index is 1.49. The molecule has 2 heterocycles. The molecule has 0 bridgehead atoms. The van der Waals surface area contributed by atoms with E-state index in [1.54, 1.807) is 19.2 Å². The second-order valence-electron chi connectivity index (χ2n) is 7.66. The van der Waals surface area contributed by atoms with Crippen molar-refractivity contribution in [3.8, 4) is 5.75 Å². The Morgan fingerprint density at radius 3 is 2.85 bits per heavy atom. The molecule has 1 saturated heterocycles. The fourth-order valence-corrected chi connectivity index (χ4v) is 4.10. The van der Waals surface area contributed by atoms with Gasteiger partial charge in [0, 0.05) is 43.0 Å². The Hall–Kier alpha value is -2.33. The number of rotatable bonds is 9. The largest absolute Gasteiger partial charge is 0.482 e. The summed E-state index contributed by atoms with van der Waals surface area (Å²) in [5.74, 6) is -0.155. The Kier molecular flexibility index (Phi) is 9.37. The molecular formula is C22H28Cl2FN5O3. The molecule has 0 aliphatic carbocycles. The summed E-state index contributed by atoms with van der Waals surface area (Å²) < 4.78 is 25.0. The number of anilines is 1. The van der Waals surface area contributed by atoms with E-state index in [9.17, 15) is 9.18 Å². The predicted molar refractivity (Wildman–Crippen MR) is 126 cm³/mol. The molecule has 1 atom stereocenters. The number of hydrogen-bond donors (Lipinski definition) is 3. The fourth-order valence-electron chi connectivity index (χ4n) is 3.43. The van der Waals surface area contributed by atoms with Crippen molar-refractivity contribution >= 4 is 35.1 Å². The highest BCUT2D eigenvalue weighted by Gasteiger charge is 2.20. The van der Waals surface area contributed by atoms with Crippen LogP contribution in [0.3, 0.4) is 0 Å². The van der Waals surface area contributed by atoms with Crippen LogP contribution >= 0.6 is 23.2 Å². The zero-order valence-electron chi connectivity index (χ0n) is 18.4. The van der Waals surface area contributed by atoms with Crippen molar-refractivity contribution in [1.29, 1.82) is 0 Å². The molecule has 4 N–H and O–H groups in total. The highest BCUT2D eigenvalue weighted by atomic mass is 35.5. The Bertz CT molecular complexity index is 960. The normalized spacial score (nSPS) is 15.2. The summed E-state index contributed by atoms with van der Waals surface area (Å²) in [6.07, 6.45) is 1.73. The molecule has 11 heteroatoms. The molecule has 1 aliphatic heterocycles. The molecule has 0 saturated carbocycles. The highest BCUT2D eigenvalue weighted by molar-refractivity contribution is 6.36. The maximum absolute atomic E-state index is 13.8. The highest BCUT2D eigenvalue weighted by Crippen LogP contribution is 2.35. The summed E-state index contributed by atoms with van der Waals surface area (Å²) in [4.78, 5) is 18.5. The lowest BCUT2D eigenvalue weighted by atomic mass is 10.1. The maximum Gasteiger partial charge on any atom is 0.315 e. The number of halogens is 3. The number of benzene rings is 1. The van der Waals surface area contributed by atoms with Gasteiger partial charge in [0.1, 0.15) is 11.9 Å². The van der Waals surface area contributed by atoms with E-state index in [0.717, 1.165) is 39.3 Å². The number of carbonyl (C=O) groups is 1. The topological polar surface area (TPSA) is 102 Å². The zero-order valence-corrected chi connectivity index (χ0v) is 19.9. The van der Waals surface area contributed by atoms with Gasteiger partial charge in [-0.1, -0.05) is 23.2 Å². The van der Waals surface area contributed by atoms with Crippen LogP contribution in [0.4, 0.5) is 15.0 Å². The van der Waals surface area contributed by atoms with Gasteiger partial charge in [-0.25, -0.2) is 14.2 Å². The van der Waals surface area contributed by atoms with Crippen LogP contribution in [0.2, 0.25) is 10.0 Å². The molecule has 0 radical (unpaired) electrons. The third-order valence-corrected chi connectivity index (χ3v) is 5.94. The minimum absolute atomic E-state index is 0.107. The Morgan fingerprint density at radius 1 is 1.33 bits per heavy atom. The van der Waals surface area contributed by atoms with Crippen molar-refractivity contribution in [2.24, 2.45) is 0 Å². The van der Waals surface area contributed by atoms with Gasteiger partial charge in [-0.2, -0.15) is 0 Å². The number of aromatic nitrogens is 1. The second-order valence-corrected chi connectivity index (χ2v) is 8.45. The number of morpholine rings is 1. The first-order valence-corrected chi connectivity index (χ1v) is 11.5. The van der Waals surface area contributed by atoms with Gasteiger partial charge in [0.15, 0.2) is 11.6 Å². The number of nitrogens with two attached hydrogens (primary N) is 1. The maximum atomic E-state index is 13.8. The van der Waals surface area contributed by atoms with E-state index in [0.29, 0.717) is 17.7 Å². The van der Waals surface area contributed by atoms with Gasteiger partial charge >= 0.3 is 6.03 Å². The summed E-state index contributed by atoms with van der Waals surface area (Å²) in [6.45, 7) is 6.78. The summed E-state index contributed by atoms with van der Waals surface area (Å²) >= 11 is 12.2. The predicted octanol–water partition coefficient (Wildman–Crippen LogP) is 3.77. The smallest absolute Gasteiger partial charge is 0.315 e. The van der Waals surface area contributed by atoms with Crippen molar-refractivity contribution in [2.45, 2.75) is 26.0 Å². The lowest BCUT2D eigenvalue weighted by molar-refractivity contribution is 0.0375. The number of urea groups is 1. The van der Waals surface area contributed by atoms with Crippen molar-refractivity contribution in [3.05, 3.63) is 51.4 Å². The van der Waals surface area contributed by atoms with Crippen LogP contribution < -0.4 is 21.1 Å². The van der Waals surface area contributed by atoms with E-state index in [1.807, 2.05) is 0 Å². The van der Waals surface area contributed by atoms with Crippen LogP contribution in [0.5, 0.6) is 5.75 Å². The van der Waals surface area contributed by atoms with Crippen LogP contribution in [0.25, 0.3) is 0 Å². The quantitative estimate of drug-likeness (QED) is 0.358. The number of carbonyl (C=O) groups excluding carboxylic acids is 1. The van der Waals surface area contributed by atoms with Crippen molar-refractivity contribution in [1.82, 2.24) is 20.5 Å². The molecule has 1 aromatic carbocycles. The van der Waals surface area contributed by atoms with Crippen molar-refractivity contribution in [3.63, 3.8) is 0 Å². The summed E-state index contributed by atoms with van der Waals surface area (Å²) in [5.41, 5.74) is 6.94. The molecular weight excluding hydrogens is 472 g/mol. The fraction of sp³-hybridized carbons (Fsp3) is 0.455. The van der Waals surface area contributed by atoms with Crippen LogP contribution in [-0.4, -0.2) is 55.3 Å². The van der Waals surface area contributed by atoms with E-state index in [2.05, 4.69) is 20.5 Å². The van der Waals surface area contributed by atoms with Crippen LogP contribution in [0.15, 0.2) is 24.4 Å². The summed E-state index contributed by atoms with van der Waals surface area (Å²) in [6, 6.07) is 4.00. The van der Waals surface area contributed by atoms with Gasteiger partial charge in [-0.3, -0.25) is 4.90 Å². The molecule has 33 heavy (non-hydrogen) atoms. The third-order valence-electron chi connectivity index (χ3n) is 5.22. The lowest BCUT2D eigenvalue weighted by Gasteiger charge is -2.26. The molecule has 0 spiro atoms. The molecule has 1 unspecified atom stereocenters. The molecule has 2 aromatic rings. The SMILES string of the molecule is CC(Oc1cc(CNC(=O)NCCCN2CCOCC2)cnc1N)c1c(Cl)ccc(F)c1Cl. The van der Waals surface area contributed by atoms with Crippen molar-refractivity contribution < 1.29 is 18.7 Å². The monoisotopic (exact) mass is 499 g/mol. The standard InChI is InChI=1S/C22H28Cl2FN5O3/c1-14(19-16(23)3-4-17(25)20(19)24)33-18-11-15(12-28-21(18)26)13-29-22(31)27-5-2-6-30-7-9-32-10-8-30/h3-4,11-12,14H,2,5-10,13H2,1H3,(H2,26,28)(H2,27,29,31). The average Bonchev–Trinajstić information content (AvgIpc) is 2.80. The van der Waals surface area contributed by atoms with Gasteiger partial charge in [0.25, 0.3) is 0 Å². The van der Waals surface area contributed by atoms with E-state index >= 15 is 0 Å². The molecule has 8 nitrogen and oxygen atoms in total. The number of pyridine rings is 1. The minimum Gasteiger partial charge on any atom is -0.482 e. The first kappa shape index (κ1) is 25.3. The van der Waals surface area contributed by atoms with Crippen LogP contribution in [0, 0.1) is 5.82 Å². The molecule has 3 rings (SSSR count). The van der Waals surface area contributed by atoms with E-state index in [-0.39, 0.29) is 34.2 Å². The summed E-state index contributed by atoms with van der Waals surface area (Å²) in [5, 5.41) is 5.80. The summed E-state index contributed by atoms with van der Waals surface area (Å²) in [7, 11) is 0. The van der Waals surface area contributed by atoms with E-state index in [1.165, 1.54) is 12.1 Å². The number of nitrogen functional groups attached to an aromatic ring is 1. The van der Waals surface area contributed by atoms with Gasteiger partial charge < -0.3 is 25.8 Å². The molecule has 1 aromatic heterocycles. The first-order chi connectivity index (χ1) is 15.8. The minimum atomic E-state index is -0.678. The lowest BCUT2D eigenvalue weighted by Crippen LogP contribution is -2.39. The van der Waals surface area contributed by atoms with Crippen molar-refractivity contribution in [2.75, 3.05) is 45.1 Å². The number of ether oxygens (including phenoxy) is 2. The van der Waals surface area contributed by atoms with E-state index in [4.69, 9.17) is 38.4 Å². The van der Waals surface area contributed by atoms with Gasteiger partial charge in [0.2, 0.25) is 0 Å². The third kappa shape index (κ3) is 7.33. The number of nitrogens with one attached hydrogen (secondary N) is 2. The second kappa shape index (κ2) is 12.2. The van der Waals surface area contributed by atoms with Crippen LogP contribution in [0.1, 0.15) is 30.6 Å². The number of nitrogens with zero attached hydrogens (tertiary/aromatic N) is 2. The van der Waals surface area contributed by atoms with Gasteiger partial charge in [0.05, 0.1) is 18.2 Å². The Labute approximate surface area is 202 Å². The van der Waals surface area contributed by atoms with Gasteiger partial charge in [-0.15, -0.1) is 0 Å². The number of amides is 2. The molecule has 1 aliphatic rings.